The Kier molecular flexibility index (Phi) is 4.56. The summed E-state index contributed by atoms with van der Waals surface area (Å²) in [4.78, 5) is 12.4. The summed E-state index contributed by atoms with van der Waals surface area (Å²) in [6, 6.07) is 13.4. The van der Waals surface area contributed by atoms with Gasteiger partial charge < -0.3 is 24.8 Å². The minimum absolute atomic E-state index is 0.00560. The number of phenolic OH excluding ortho intramolecular Hbond substituents is 4. The van der Waals surface area contributed by atoms with Crippen LogP contribution in [0.5, 0.6) is 23.0 Å². The van der Waals surface area contributed by atoms with Gasteiger partial charge in [0.2, 0.25) is 0 Å². The SMILES string of the molecule is O=c1cc(-c2cc(O)c(O)c(Cc3cccc(Cl)c3)c2)oc2cc(O)cc(O)c12. The minimum Gasteiger partial charge on any atom is -0.508 e. The maximum Gasteiger partial charge on any atom is 0.197 e. The second-order valence-electron chi connectivity index (χ2n) is 6.62. The van der Waals surface area contributed by atoms with Gasteiger partial charge in [-0.3, -0.25) is 4.79 Å². The molecule has 0 atom stereocenters. The second-order valence-corrected chi connectivity index (χ2v) is 7.06. The fourth-order valence-corrected chi connectivity index (χ4v) is 3.43. The third-order valence-electron chi connectivity index (χ3n) is 4.53. The maximum absolute atomic E-state index is 12.4. The normalized spacial score (nSPS) is 11.1. The molecule has 1 aromatic heterocycles. The fourth-order valence-electron chi connectivity index (χ4n) is 3.22. The molecule has 0 aliphatic carbocycles. The first-order valence-electron chi connectivity index (χ1n) is 8.61. The molecule has 0 radical (unpaired) electrons. The van der Waals surface area contributed by atoms with Crippen molar-refractivity contribution in [3.05, 3.63) is 81.0 Å². The van der Waals surface area contributed by atoms with Crippen LogP contribution in [0.2, 0.25) is 5.02 Å². The molecule has 0 saturated carbocycles. The van der Waals surface area contributed by atoms with Crippen molar-refractivity contribution < 1.29 is 24.8 Å². The van der Waals surface area contributed by atoms with Gasteiger partial charge in [-0.2, -0.15) is 0 Å². The van der Waals surface area contributed by atoms with Crippen LogP contribution in [0.3, 0.4) is 0 Å². The molecule has 0 spiro atoms. The van der Waals surface area contributed by atoms with Gasteiger partial charge in [-0.05, 0) is 29.8 Å². The molecule has 146 valence electrons. The lowest BCUT2D eigenvalue weighted by atomic mass is 9.99. The van der Waals surface area contributed by atoms with Crippen molar-refractivity contribution in [2.24, 2.45) is 0 Å². The van der Waals surface area contributed by atoms with E-state index in [2.05, 4.69) is 0 Å². The number of phenols is 4. The molecule has 0 aliphatic rings. The van der Waals surface area contributed by atoms with Crippen LogP contribution in [0, 0.1) is 0 Å². The average Bonchev–Trinajstić information content (AvgIpc) is 2.64. The molecule has 3 aromatic carbocycles. The van der Waals surface area contributed by atoms with E-state index in [-0.39, 0.29) is 40.4 Å². The predicted molar refractivity (Wildman–Crippen MR) is 109 cm³/mol. The number of halogens is 1. The van der Waals surface area contributed by atoms with Gasteiger partial charge in [0.1, 0.15) is 28.2 Å². The van der Waals surface area contributed by atoms with Gasteiger partial charge in [-0.1, -0.05) is 23.7 Å². The Hall–Kier alpha value is -3.64. The molecule has 6 nitrogen and oxygen atoms in total. The van der Waals surface area contributed by atoms with Crippen LogP contribution in [-0.2, 0) is 6.42 Å². The summed E-state index contributed by atoms with van der Waals surface area (Å²) < 4.78 is 5.68. The van der Waals surface area contributed by atoms with E-state index in [1.54, 1.807) is 24.3 Å². The minimum atomic E-state index is -0.511. The van der Waals surface area contributed by atoms with Gasteiger partial charge >= 0.3 is 0 Å². The molecule has 0 fully saturated rings. The van der Waals surface area contributed by atoms with Crippen molar-refractivity contribution in [3.63, 3.8) is 0 Å². The highest BCUT2D eigenvalue weighted by atomic mass is 35.5. The molecule has 4 rings (SSSR count). The maximum atomic E-state index is 12.4. The molecule has 7 heteroatoms. The van der Waals surface area contributed by atoms with Gasteiger partial charge in [0.05, 0.1) is 0 Å². The van der Waals surface area contributed by atoms with Crippen molar-refractivity contribution in [1.82, 2.24) is 0 Å². The van der Waals surface area contributed by atoms with E-state index in [9.17, 15) is 25.2 Å². The zero-order chi connectivity index (χ0) is 20.7. The third-order valence-corrected chi connectivity index (χ3v) is 4.77. The molecule has 0 saturated heterocycles. The van der Waals surface area contributed by atoms with Crippen LogP contribution in [0.4, 0.5) is 0 Å². The zero-order valence-corrected chi connectivity index (χ0v) is 15.6. The second kappa shape index (κ2) is 7.07. The molecule has 0 amide bonds. The highest BCUT2D eigenvalue weighted by molar-refractivity contribution is 6.30. The van der Waals surface area contributed by atoms with Crippen LogP contribution in [0.1, 0.15) is 11.1 Å². The van der Waals surface area contributed by atoms with Crippen LogP contribution in [0.25, 0.3) is 22.3 Å². The molecule has 0 bridgehead atoms. The molecule has 1 heterocycles. The lowest BCUT2D eigenvalue weighted by molar-refractivity contribution is 0.400. The Morgan fingerprint density at radius 3 is 2.45 bits per heavy atom. The van der Waals surface area contributed by atoms with Gasteiger partial charge in [0.25, 0.3) is 0 Å². The first-order chi connectivity index (χ1) is 13.8. The van der Waals surface area contributed by atoms with Crippen molar-refractivity contribution >= 4 is 22.6 Å². The van der Waals surface area contributed by atoms with E-state index in [1.807, 2.05) is 6.07 Å². The van der Waals surface area contributed by atoms with E-state index in [0.717, 1.165) is 11.6 Å². The fraction of sp³-hybridized carbons (Fsp3) is 0.0455. The lowest BCUT2D eigenvalue weighted by Gasteiger charge is -2.11. The van der Waals surface area contributed by atoms with E-state index in [1.165, 1.54) is 18.2 Å². The number of fused-ring (bicyclic) bond motifs is 1. The summed E-state index contributed by atoms with van der Waals surface area (Å²) in [5, 5.41) is 40.5. The number of benzene rings is 3. The monoisotopic (exact) mass is 410 g/mol. The van der Waals surface area contributed by atoms with E-state index >= 15 is 0 Å². The Morgan fingerprint density at radius 1 is 0.897 bits per heavy atom. The summed E-state index contributed by atoms with van der Waals surface area (Å²) in [5.41, 5.74) is 1.05. The largest absolute Gasteiger partial charge is 0.508 e. The zero-order valence-electron chi connectivity index (χ0n) is 14.9. The van der Waals surface area contributed by atoms with Crippen molar-refractivity contribution in [2.45, 2.75) is 6.42 Å². The highest BCUT2D eigenvalue weighted by Crippen LogP contribution is 2.37. The molecule has 4 aromatic rings. The first-order valence-corrected chi connectivity index (χ1v) is 8.99. The molecule has 0 aliphatic heterocycles. The Balaban J connectivity index is 1.85. The van der Waals surface area contributed by atoms with Crippen LogP contribution < -0.4 is 5.43 Å². The number of aromatic hydroxyl groups is 4. The van der Waals surface area contributed by atoms with Gasteiger partial charge in [-0.25, -0.2) is 0 Å². The first kappa shape index (κ1) is 18.7. The highest BCUT2D eigenvalue weighted by Gasteiger charge is 2.16. The molecule has 4 N–H and O–H groups in total. The number of rotatable bonds is 3. The summed E-state index contributed by atoms with van der Waals surface area (Å²) in [5.74, 6) is -1.20. The van der Waals surface area contributed by atoms with Crippen LogP contribution >= 0.6 is 11.6 Å². The number of hydrogen-bond acceptors (Lipinski definition) is 6. The smallest absolute Gasteiger partial charge is 0.197 e. The Bertz CT molecular complexity index is 1310. The topological polar surface area (TPSA) is 111 Å². The van der Waals surface area contributed by atoms with E-state index in [0.29, 0.717) is 16.1 Å². The third kappa shape index (κ3) is 3.58. The standard InChI is InChI=1S/C22H15ClO6/c23-14-3-1-2-11(5-14)4-13-6-12(7-18(27)22(13)28)19-10-17(26)21-16(25)8-15(24)9-20(21)29-19/h1-3,5-10,24-25,27-28H,4H2. The summed E-state index contributed by atoms with van der Waals surface area (Å²) in [6.45, 7) is 0. The molecule has 0 unspecified atom stereocenters. The average molecular weight is 411 g/mol. The molecule has 29 heavy (non-hydrogen) atoms. The summed E-state index contributed by atoms with van der Waals surface area (Å²) in [6.07, 6.45) is 0.285. The van der Waals surface area contributed by atoms with E-state index < -0.39 is 11.2 Å². The summed E-state index contributed by atoms with van der Waals surface area (Å²) in [7, 11) is 0. The van der Waals surface area contributed by atoms with Gasteiger partial charge in [0.15, 0.2) is 16.9 Å². The van der Waals surface area contributed by atoms with E-state index in [4.69, 9.17) is 16.0 Å². The van der Waals surface area contributed by atoms with Crippen molar-refractivity contribution in [1.29, 1.82) is 0 Å². The summed E-state index contributed by atoms with van der Waals surface area (Å²) >= 11 is 6.01. The quantitative estimate of drug-likeness (QED) is 0.369. The Morgan fingerprint density at radius 2 is 1.69 bits per heavy atom. The van der Waals surface area contributed by atoms with Crippen molar-refractivity contribution in [2.75, 3.05) is 0 Å². The van der Waals surface area contributed by atoms with Crippen molar-refractivity contribution in [3.8, 4) is 34.3 Å². The predicted octanol–water partition coefficient (Wildman–Crippen LogP) is 4.53. The van der Waals surface area contributed by atoms with Gasteiger partial charge in [0, 0.05) is 40.8 Å². The molecular formula is C22H15ClO6. The molecular weight excluding hydrogens is 396 g/mol. The van der Waals surface area contributed by atoms with Gasteiger partial charge in [-0.15, -0.1) is 0 Å². The van der Waals surface area contributed by atoms with Crippen LogP contribution in [-0.4, -0.2) is 20.4 Å². The van der Waals surface area contributed by atoms with Crippen LogP contribution in [0.15, 0.2) is 63.8 Å². The number of hydrogen-bond donors (Lipinski definition) is 4. The lowest BCUT2D eigenvalue weighted by Crippen LogP contribution is -2.01. The Labute approximate surface area is 169 Å².